The van der Waals surface area contributed by atoms with E-state index >= 15 is 0 Å². The Morgan fingerprint density at radius 2 is 2.00 bits per heavy atom. The Morgan fingerprint density at radius 3 is 2.62 bits per heavy atom. The second-order valence-corrected chi connectivity index (χ2v) is 6.20. The summed E-state index contributed by atoms with van der Waals surface area (Å²) in [6.45, 7) is 6.24. The third-order valence-corrected chi connectivity index (χ3v) is 4.19. The van der Waals surface area contributed by atoms with Crippen molar-refractivity contribution >= 4 is 5.91 Å². The van der Waals surface area contributed by atoms with Gasteiger partial charge in [-0.3, -0.25) is 9.69 Å². The van der Waals surface area contributed by atoms with Gasteiger partial charge in [-0.25, -0.2) is 0 Å². The van der Waals surface area contributed by atoms with Crippen LogP contribution >= 0.6 is 0 Å². The van der Waals surface area contributed by atoms with Crippen molar-refractivity contribution in [2.75, 3.05) is 20.6 Å². The van der Waals surface area contributed by atoms with E-state index in [2.05, 4.69) is 5.32 Å². The fraction of sp³-hybridized carbons (Fsp3) is 0.421. The van der Waals surface area contributed by atoms with E-state index in [1.165, 1.54) is 0 Å². The van der Waals surface area contributed by atoms with Gasteiger partial charge < -0.3 is 14.5 Å². The van der Waals surface area contributed by atoms with Crippen LogP contribution in [-0.4, -0.2) is 37.6 Å². The number of likely N-dealkylation sites (N-methyl/N-ethyl adjacent to an activating group) is 1. The van der Waals surface area contributed by atoms with Crippen LogP contribution in [-0.2, 0) is 4.79 Å². The molecule has 0 fully saturated rings. The molecule has 2 rings (SSSR count). The predicted molar refractivity (Wildman–Crippen MR) is 94.2 cm³/mol. The number of benzene rings is 1. The fourth-order valence-corrected chi connectivity index (χ4v) is 2.46. The molecule has 0 aliphatic carbocycles. The van der Waals surface area contributed by atoms with Crippen molar-refractivity contribution in [1.82, 2.24) is 10.2 Å². The number of carbonyl (C=O) groups is 1. The number of hydrogen-bond donors (Lipinski definition) is 1. The largest absolute Gasteiger partial charge is 0.481 e. The van der Waals surface area contributed by atoms with Gasteiger partial charge in [0.2, 0.25) is 0 Å². The molecule has 0 saturated heterocycles. The zero-order valence-electron chi connectivity index (χ0n) is 15.0. The summed E-state index contributed by atoms with van der Waals surface area (Å²) >= 11 is 0. The van der Waals surface area contributed by atoms with Crippen LogP contribution in [0.3, 0.4) is 0 Å². The quantitative estimate of drug-likeness (QED) is 0.848. The lowest BCUT2D eigenvalue weighted by Gasteiger charge is -2.24. The molecule has 0 spiro atoms. The highest BCUT2D eigenvalue weighted by atomic mass is 16.5. The fourth-order valence-electron chi connectivity index (χ4n) is 2.46. The average molecular weight is 330 g/mol. The van der Waals surface area contributed by atoms with E-state index < -0.39 is 6.10 Å². The van der Waals surface area contributed by atoms with Crippen molar-refractivity contribution < 1.29 is 13.9 Å². The number of amides is 1. The second kappa shape index (κ2) is 8.02. The molecule has 1 aromatic carbocycles. The van der Waals surface area contributed by atoms with Gasteiger partial charge in [-0.1, -0.05) is 12.1 Å². The Labute approximate surface area is 143 Å². The average Bonchev–Trinajstić information content (AvgIpc) is 3.05. The Hall–Kier alpha value is -2.27. The van der Waals surface area contributed by atoms with E-state index in [1.807, 2.05) is 63.2 Å². The molecular weight excluding hydrogens is 304 g/mol. The van der Waals surface area contributed by atoms with Gasteiger partial charge in [0.15, 0.2) is 6.10 Å². The van der Waals surface area contributed by atoms with Crippen molar-refractivity contribution in [3.05, 3.63) is 53.5 Å². The number of nitrogens with one attached hydrogen (secondary N) is 1. The Bertz CT molecular complexity index is 665. The first-order chi connectivity index (χ1) is 11.4. The molecule has 2 aromatic rings. The maximum atomic E-state index is 12.4. The molecule has 0 bridgehead atoms. The zero-order valence-corrected chi connectivity index (χ0v) is 15.0. The summed E-state index contributed by atoms with van der Waals surface area (Å²) in [6.07, 6.45) is 1.07. The van der Waals surface area contributed by atoms with Crippen molar-refractivity contribution in [2.45, 2.75) is 32.9 Å². The molecule has 0 radical (unpaired) electrons. The standard InChI is InChI=1S/C19H26N2O3/c1-13-8-6-9-17(14(13)2)24-15(3)19(22)20-12-16(21(4)5)18-10-7-11-23-18/h6-11,15-16H,12H2,1-5H3,(H,20,22)/t15-,16-/m0/s1. The molecule has 1 amide bonds. The molecule has 5 heteroatoms. The number of hydrogen-bond acceptors (Lipinski definition) is 4. The lowest BCUT2D eigenvalue weighted by Crippen LogP contribution is -2.41. The first-order valence-electron chi connectivity index (χ1n) is 8.10. The Balaban J connectivity index is 1.95. The molecule has 0 saturated carbocycles. The maximum absolute atomic E-state index is 12.4. The Kier molecular flexibility index (Phi) is 6.04. The van der Waals surface area contributed by atoms with Gasteiger partial charge in [0.1, 0.15) is 11.5 Å². The lowest BCUT2D eigenvalue weighted by molar-refractivity contribution is -0.127. The molecular formula is C19H26N2O3. The normalized spacial score (nSPS) is 13.6. The molecule has 24 heavy (non-hydrogen) atoms. The summed E-state index contributed by atoms with van der Waals surface area (Å²) in [5.41, 5.74) is 2.20. The number of aryl methyl sites for hydroxylation is 1. The summed E-state index contributed by atoms with van der Waals surface area (Å²) in [5, 5.41) is 2.94. The molecule has 1 aromatic heterocycles. The van der Waals surface area contributed by atoms with Gasteiger partial charge >= 0.3 is 0 Å². The topological polar surface area (TPSA) is 54.7 Å². The van der Waals surface area contributed by atoms with Gasteiger partial charge in [-0.05, 0) is 64.2 Å². The van der Waals surface area contributed by atoms with Crippen LogP contribution in [0.2, 0.25) is 0 Å². The highest BCUT2D eigenvalue weighted by Crippen LogP contribution is 2.22. The summed E-state index contributed by atoms with van der Waals surface area (Å²) in [4.78, 5) is 14.4. The Morgan fingerprint density at radius 1 is 1.25 bits per heavy atom. The van der Waals surface area contributed by atoms with Gasteiger partial charge in [-0.15, -0.1) is 0 Å². The van der Waals surface area contributed by atoms with Crippen LogP contribution in [0.4, 0.5) is 0 Å². The van der Waals surface area contributed by atoms with Crippen LogP contribution in [0.5, 0.6) is 5.75 Å². The van der Waals surface area contributed by atoms with Gasteiger partial charge in [0.05, 0.1) is 12.3 Å². The highest BCUT2D eigenvalue weighted by Gasteiger charge is 2.21. The highest BCUT2D eigenvalue weighted by molar-refractivity contribution is 5.80. The number of rotatable bonds is 7. The van der Waals surface area contributed by atoms with E-state index in [4.69, 9.17) is 9.15 Å². The van der Waals surface area contributed by atoms with Crippen molar-refractivity contribution in [3.8, 4) is 5.75 Å². The van der Waals surface area contributed by atoms with Crippen molar-refractivity contribution in [1.29, 1.82) is 0 Å². The summed E-state index contributed by atoms with van der Waals surface area (Å²) in [7, 11) is 3.91. The molecule has 0 unspecified atom stereocenters. The van der Waals surface area contributed by atoms with E-state index in [9.17, 15) is 4.79 Å². The lowest BCUT2D eigenvalue weighted by atomic mass is 10.1. The van der Waals surface area contributed by atoms with Crippen LogP contribution < -0.4 is 10.1 Å². The van der Waals surface area contributed by atoms with Gasteiger partial charge in [-0.2, -0.15) is 0 Å². The minimum absolute atomic E-state index is 0.0168. The van der Waals surface area contributed by atoms with E-state index in [0.717, 1.165) is 22.6 Å². The predicted octanol–water partition coefficient (Wildman–Crippen LogP) is 3.08. The molecule has 2 atom stereocenters. The summed E-state index contributed by atoms with van der Waals surface area (Å²) < 4.78 is 11.3. The molecule has 0 aliphatic heterocycles. The third-order valence-electron chi connectivity index (χ3n) is 4.19. The van der Waals surface area contributed by atoms with Crippen LogP contribution in [0.15, 0.2) is 41.0 Å². The first kappa shape index (κ1) is 18.1. The van der Waals surface area contributed by atoms with Gasteiger partial charge in [0.25, 0.3) is 5.91 Å². The monoisotopic (exact) mass is 330 g/mol. The summed E-state index contributed by atoms with van der Waals surface area (Å²) in [6, 6.07) is 9.58. The number of nitrogens with zero attached hydrogens (tertiary/aromatic N) is 1. The SMILES string of the molecule is Cc1cccc(O[C@@H](C)C(=O)NC[C@@H](c2ccco2)N(C)C)c1C. The summed E-state index contributed by atoms with van der Waals surface area (Å²) in [5.74, 6) is 1.42. The molecule has 5 nitrogen and oxygen atoms in total. The van der Waals surface area contributed by atoms with E-state index in [0.29, 0.717) is 6.54 Å². The molecule has 1 heterocycles. The maximum Gasteiger partial charge on any atom is 0.260 e. The number of ether oxygens (including phenoxy) is 1. The van der Waals surface area contributed by atoms with Crippen LogP contribution in [0.25, 0.3) is 0 Å². The molecule has 0 aliphatic rings. The minimum Gasteiger partial charge on any atom is -0.481 e. The molecule has 1 N–H and O–H groups in total. The number of carbonyl (C=O) groups excluding carboxylic acids is 1. The van der Waals surface area contributed by atoms with Crippen molar-refractivity contribution in [3.63, 3.8) is 0 Å². The third kappa shape index (κ3) is 4.38. The van der Waals surface area contributed by atoms with Crippen LogP contribution in [0, 0.1) is 13.8 Å². The van der Waals surface area contributed by atoms with E-state index in [1.54, 1.807) is 13.2 Å². The smallest absolute Gasteiger partial charge is 0.260 e. The van der Waals surface area contributed by atoms with Crippen LogP contribution in [0.1, 0.15) is 29.9 Å². The minimum atomic E-state index is -0.565. The second-order valence-electron chi connectivity index (χ2n) is 6.20. The zero-order chi connectivity index (χ0) is 17.7. The van der Waals surface area contributed by atoms with Gasteiger partial charge in [0, 0.05) is 6.54 Å². The number of furan rings is 1. The molecule has 130 valence electrons. The first-order valence-corrected chi connectivity index (χ1v) is 8.10. The van der Waals surface area contributed by atoms with Crippen molar-refractivity contribution in [2.24, 2.45) is 0 Å². The van der Waals surface area contributed by atoms with E-state index in [-0.39, 0.29) is 11.9 Å².